The fourth-order valence-corrected chi connectivity index (χ4v) is 5.13. The highest BCUT2D eigenvalue weighted by Gasteiger charge is 2.41. The van der Waals surface area contributed by atoms with E-state index in [-0.39, 0.29) is 18.1 Å². The molecule has 0 bridgehead atoms. The van der Waals surface area contributed by atoms with Crippen LogP contribution in [-0.2, 0) is 9.53 Å². The minimum absolute atomic E-state index is 0.0261. The molecule has 0 saturated carbocycles. The van der Waals surface area contributed by atoms with Crippen LogP contribution in [-0.4, -0.2) is 12.6 Å². The molecule has 0 saturated heterocycles. The first-order chi connectivity index (χ1) is 18.2. The van der Waals surface area contributed by atoms with Gasteiger partial charge in [0.25, 0.3) is 0 Å². The summed E-state index contributed by atoms with van der Waals surface area (Å²) >= 11 is 6.15. The molecular formula is C32H29ClN2O2. The number of nitrogens with zero attached hydrogens (tertiary/aromatic N) is 1. The van der Waals surface area contributed by atoms with Crippen molar-refractivity contribution in [2.75, 3.05) is 16.8 Å². The lowest BCUT2D eigenvalue weighted by molar-refractivity contribution is -0.139. The van der Waals surface area contributed by atoms with Crippen molar-refractivity contribution in [3.05, 3.63) is 143 Å². The fraction of sp³-hybridized carbons (Fsp3) is 0.156. The lowest BCUT2D eigenvalue weighted by Crippen LogP contribution is -2.41. The van der Waals surface area contributed by atoms with Crippen molar-refractivity contribution in [3.63, 3.8) is 0 Å². The molecule has 2 atom stereocenters. The summed E-state index contributed by atoms with van der Waals surface area (Å²) in [6.45, 7) is 2.14. The molecule has 5 heteroatoms. The van der Waals surface area contributed by atoms with Gasteiger partial charge in [0.2, 0.25) is 0 Å². The summed E-state index contributed by atoms with van der Waals surface area (Å²) in [7, 11) is 0. The summed E-state index contributed by atoms with van der Waals surface area (Å²) in [5.74, 6) is -0.319. The zero-order valence-corrected chi connectivity index (χ0v) is 21.4. The van der Waals surface area contributed by atoms with Crippen molar-refractivity contribution in [1.82, 2.24) is 0 Å². The van der Waals surface area contributed by atoms with Gasteiger partial charge in [0.15, 0.2) is 0 Å². The number of carbonyl (C=O) groups is 1. The van der Waals surface area contributed by atoms with Crippen molar-refractivity contribution >= 4 is 28.9 Å². The average Bonchev–Trinajstić information content (AvgIpc) is 2.95. The van der Waals surface area contributed by atoms with Crippen molar-refractivity contribution in [1.29, 1.82) is 0 Å². The first-order valence-corrected chi connectivity index (χ1v) is 12.9. The third-order valence-electron chi connectivity index (χ3n) is 6.60. The molecule has 0 amide bonds. The van der Waals surface area contributed by atoms with Crippen LogP contribution in [0.25, 0.3) is 0 Å². The van der Waals surface area contributed by atoms with Crippen LogP contribution in [0.1, 0.15) is 36.6 Å². The Kier molecular flexibility index (Phi) is 7.57. The Morgan fingerprint density at radius 2 is 1.41 bits per heavy atom. The monoisotopic (exact) mass is 508 g/mol. The molecule has 0 radical (unpaired) electrons. The predicted octanol–water partition coefficient (Wildman–Crippen LogP) is 7.96. The summed E-state index contributed by atoms with van der Waals surface area (Å²) in [6, 6.07) is 38.1. The Morgan fingerprint density at radius 3 is 2.00 bits per heavy atom. The van der Waals surface area contributed by atoms with Crippen molar-refractivity contribution < 1.29 is 9.53 Å². The topological polar surface area (TPSA) is 41.6 Å². The van der Waals surface area contributed by atoms with Gasteiger partial charge in [0.1, 0.15) is 0 Å². The maximum atomic E-state index is 13.7. The number of hydrogen-bond donors (Lipinski definition) is 1. The largest absolute Gasteiger partial charge is 0.463 e. The Balaban J connectivity index is 1.75. The molecule has 0 fully saturated rings. The van der Waals surface area contributed by atoms with Gasteiger partial charge in [0.05, 0.1) is 24.3 Å². The molecule has 0 aliphatic carbocycles. The molecule has 4 nitrogen and oxygen atoms in total. The SMILES string of the molecule is CCOC(=O)C1=C(Nc2ccc(Cl)cc2)CC(c2ccccc2)N(c2ccccc2)C1c1ccccc1. The van der Waals surface area contributed by atoms with Gasteiger partial charge >= 0.3 is 5.97 Å². The van der Waals surface area contributed by atoms with E-state index in [0.29, 0.717) is 23.6 Å². The predicted molar refractivity (Wildman–Crippen MR) is 151 cm³/mol. The van der Waals surface area contributed by atoms with Crippen LogP contribution in [0.2, 0.25) is 5.02 Å². The van der Waals surface area contributed by atoms with Gasteiger partial charge in [-0.25, -0.2) is 4.79 Å². The molecule has 0 spiro atoms. The molecule has 1 aliphatic rings. The van der Waals surface area contributed by atoms with E-state index in [2.05, 4.69) is 58.7 Å². The molecule has 1 aliphatic heterocycles. The number of hydrogen-bond acceptors (Lipinski definition) is 4. The van der Waals surface area contributed by atoms with Crippen LogP contribution in [0.3, 0.4) is 0 Å². The normalized spacial score (nSPS) is 17.4. The molecule has 4 aromatic carbocycles. The van der Waals surface area contributed by atoms with Gasteiger partial charge in [-0.3, -0.25) is 0 Å². The number of anilines is 2. The molecule has 0 aromatic heterocycles. The van der Waals surface area contributed by atoms with Gasteiger partial charge in [-0.15, -0.1) is 0 Å². The van der Waals surface area contributed by atoms with Crippen LogP contribution in [0, 0.1) is 0 Å². The van der Waals surface area contributed by atoms with Crippen molar-refractivity contribution in [2.24, 2.45) is 0 Å². The fourth-order valence-electron chi connectivity index (χ4n) is 5.00. The van der Waals surface area contributed by atoms with E-state index < -0.39 is 0 Å². The van der Waals surface area contributed by atoms with E-state index in [4.69, 9.17) is 16.3 Å². The third kappa shape index (κ3) is 5.40. The summed E-state index contributed by atoms with van der Waals surface area (Å²) in [5, 5.41) is 4.22. The molecule has 5 rings (SSSR count). The summed E-state index contributed by atoms with van der Waals surface area (Å²) < 4.78 is 5.66. The number of halogens is 1. The number of para-hydroxylation sites is 1. The molecule has 1 N–H and O–H groups in total. The van der Waals surface area contributed by atoms with E-state index in [1.165, 1.54) is 5.56 Å². The lowest BCUT2D eigenvalue weighted by atomic mass is 9.84. The van der Waals surface area contributed by atoms with E-state index >= 15 is 0 Å². The number of esters is 1. The zero-order valence-electron chi connectivity index (χ0n) is 20.7. The second-order valence-electron chi connectivity index (χ2n) is 8.93. The molecule has 186 valence electrons. The minimum Gasteiger partial charge on any atom is -0.463 e. The zero-order chi connectivity index (χ0) is 25.6. The van der Waals surface area contributed by atoms with Crippen molar-refractivity contribution in [2.45, 2.75) is 25.4 Å². The molecule has 37 heavy (non-hydrogen) atoms. The first kappa shape index (κ1) is 24.7. The van der Waals surface area contributed by atoms with Crippen LogP contribution < -0.4 is 10.2 Å². The van der Waals surface area contributed by atoms with Crippen LogP contribution in [0.5, 0.6) is 0 Å². The Morgan fingerprint density at radius 1 is 0.838 bits per heavy atom. The molecular weight excluding hydrogens is 480 g/mol. The van der Waals surface area contributed by atoms with Crippen LogP contribution in [0.15, 0.2) is 127 Å². The van der Waals surface area contributed by atoms with Crippen LogP contribution >= 0.6 is 11.6 Å². The van der Waals surface area contributed by atoms with E-state index in [1.807, 2.05) is 73.7 Å². The summed E-state index contributed by atoms with van der Waals surface area (Å²) in [4.78, 5) is 16.0. The van der Waals surface area contributed by atoms with Gasteiger partial charge < -0.3 is 15.0 Å². The van der Waals surface area contributed by atoms with E-state index in [0.717, 1.165) is 22.6 Å². The number of ether oxygens (including phenoxy) is 1. The number of nitrogens with one attached hydrogen (secondary N) is 1. The highest BCUT2D eigenvalue weighted by atomic mass is 35.5. The van der Waals surface area contributed by atoms with E-state index in [9.17, 15) is 4.79 Å². The van der Waals surface area contributed by atoms with E-state index in [1.54, 1.807) is 0 Å². The average molecular weight is 509 g/mol. The standard InChI is InChI=1S/C32H29ClN2O2/c1-2-37-32(36)30-28(34-26-20-18-25(33)19-21-26)22-29(23-12-6-3-7-13-23)35(27-16-10-5-11-17-27)31(30)24-14-8-4-9-15-24/h3-21,29,31,34H,2,22H2,1H3. The molecule has 1 heterocycles. The highest BCUT2D eigenvalue weighted by Crippen LogP contribution is 2.48. The van der Waals surface area contributed by atoms with Gasteiger partial charge in [0, 0.05) is 28.5 Å². The van der Waals surface area contributed by atoms with Gasteiger partial charge in [-0.05, 0) is 54.4 Å². The number of benzene rings is 4. The second kappa shape index (κ2) is 11.4. The quantitative estimate of drug-likeness (QED) is 0.257. The highest BCUT2D eigenvalue weighted by molar-refractivity contribution is 6.30. The number of rotatable bonds is 7. The maximum Gasteiger partial charge on any atom is 0.338 e. The third-order valence-corrected chi connectivity index (χ3v) is 6.85. The van der Waals surface area contributed by atoms with Crippen molar-refractivity contribution in [3.8, 4) is 0 Å². The Bertz CT molecular complexity index is 1360. The number of carbonyl (C=O) groups excluding carboxylic acids is 1. The van der Waals surface area contributed by atoms with Gasteiger partial charge in [-0.2, -0.15) is 0 Å². The Labute approximate surface area is 223 Å². The second-order valence-corrected chi connectivity index (χ2v) is 9.37. The Hall–Kier alpha value is -4.02. The maximum absolute atomic E-state index is 13.7. The molecule has 4 aromatic rings. The minimum atomic E-state index is -0.364. The van der Waals surface area contributed by atoms with Crippen LogP contribution in [0.4, 0.5) is 11.4 Å². The summed E-state index contributed by atoms with van der Waals surface area (Å²) in [5.41, 5.74) is 5.55. The lowest BCUT2D eigenvalue weighted by Gasteiger charge is -2.46. The molecule has 2 unspecified atom stereocenters. The van der Waals surface area contributed by atoms with Gasteiger partial charge in [-0.1, -0.05) is 90.5 Å². The first-order valence-electron chi connectivity index (χ1n) is 12.5. The smallest absolute Gasteiger partial charge is 0.338 e. The summed E-state index contributed by atoms with van der Waals surface area (Å²) in [6.07, 6.45) is 0.596.